The van der Waals surface area contributed by atoms with Gasteiger partial charge in [0.15, 0.2) is 22.5 Å². The second kappa shape index (κ2) is 9.93. The number of amides is 1. The lowest BCUT2D eigenvalue weighted by atomic mass is 9.86. The highest BCUT2D eigenvalue weighted by Crippen LogP contribution is 2.37. The molecule has 3 aromatic rings. The first kappa shape index (κ1) is 23.7. The SMILES string of the molecule is CC(C)(C)c1ccc(-c2nnc(SCC(=O)Nc3ccc4c(c3)OCO4)n2C2CCCCC2)cc1. The topological polar surface area (TPSA) is 78.3 Å². The van der Waals surface area contributed by atoms with Crippen molar-refractivity contribution < 1.29 is 14.3 Å². The van der Waals surface area contributed by atoms with Gasteiger partial charge in [-0.3, -0.25) is 9.36 Å². The molecule has 0 unspecified atom stereocenters. The van der Waals surface area contributed by atoms with E-state index in [0.29, 0.717) is 23.2 Å². The Balaban J connectivity index is 1.33. The molecule has 2 heterocycles. The van der Waals surface area contributed by atoms with Gasteiger partial charge in [-0.25, -0.2) is 0 Å². The lowest BCUT2D eigenvalue weighted by Crippen LogP contribution is -2.17. The first-order valence-corrected chi connectivity index (χ1v) is 13.3. The molecule has 0 bridgehead atoms. The highest BCUT2D eigenvalue weighted by atomic mass is 32.2. The Labute approximate surface area is 210 Å². The summed E-state index contributed by atoms with van der Waals surface area (Å²) in [6.45, 7) is 6.86. The second-order valence-corrected chi connectivity index (χ2v) is 11.1. The van der Waals surface area contributed by atoms with Crippen LogP contribution in [0.15, 0.2) is 47.6 Å². The lowest BCUT2D eigenvalue weighted by Gasteiger charge is -2.26. The summed E-state index contributed by atoms with van der Waals surface area (Å²) in [6, 6.07) is 14.4. The number of hydrogen-bond donors (Lipinski definition) is 1. The van der Waals surface area contributed by atoms with Gasteiger partial charge in [-0.2, -0.15) is 0 Å². The molecule has 7 nitrogen and oxygen atoms in total. The zero-order valence-corrected chi connectivity index (χ0v) is 21.4. The fraction of sp³-hybridized carbons (Fsp3) is 0.444. The number of ether oxygens (including phenoxy) is 2. The molecule has 1 amide bonds. The molecule has 2 aromatic carbocycles. The van der Waals surface area contributed by atoms with Gasteiger partial charge in [0.2, 0.25) is 12.7 Å². The van der Waals surface area contributed by atoms with Gasteiger partial charge in [0.05, 0.1) is 5.75 Å². The summed E-state index contributed by atoms with van der Waals surface area (Å²) in [5.74, 6) is 2.39. The summed E-state index contributed by atoms with van der Waals surface area (Å²) in [6.07, 6.45) is 5.92. The van der Waals surface area contributed by atoms with Crippen LogP contribution in [0.4, 0.5) is 5.69 Å². The van der Waals surface area contributed by atoms with E-state index in [-0.39, 0.29) is 23.9 Å². The van der Waals surface area contributed by atoms with Crippen LogP contribution in [-0.4, -0.2) is 33.2 Å². The maximum Gasteiger partial charge on any atom is 0.234 e. The van der Waals surface area contributed by atoms with Crippen molar-refractivity contribution in [2.45, 2.75) is 69.5 Å². The smallest absolute Gasteiger partial charge is 0.234 e. The van der Waals surface area contributed by atoms with Crippen LogP contribution in [0.1, 0.15) is 64.5 Å². The average Bonchev–Trinajstić information content (AvgIpc) is 3.49. The lowest BCUT2D eigenvalue weighted by molar-refractivity contribution is -0.113. The van der Waals surface area contributed by atoms with Crippen molar-refractivity contribution in [3.63, 3.8) is 0 Å². The summed E-state index contributed by atoms with van der Waals surface area (Å²) < 4.78 is 13.0. The molecule has 1 aromatic heterocycles. The maximum absolute atomic E-state index is 12.7. The Bertz CT molecular complexity index is 1190. The minimum Gasteiger partial charge on any atom is -0.454 e. The molecule has 184 valence electrons. The van der Waals surface area contributed by atoms with Crippen LogP contribution in [0.2, 0.25) is 0 Å². The number of rotatable bonds is 6. The van der Waals surface area contributed by atoms with Crippen molar-refractivity contribution in [1.29, 1.82) is 0 Å². The number of carbonyl (C=O) groups is 1. The normalized spacial score (nSPS) is 15.9. The molecular formula is C27H32N4O3S. The number of nitrogens with zero attached hydrogens (tertiary/aromatic N) is 3. The predicted molar refractivity (Wildman–Crippen MR) is 138 cm³/mol. The molecule has 0 spiro atoms. The first-order valence-electron chi connectivity index (χ1n) is 12.3. The van der Waals surface area contributed by atoms with Crippen LogP contribution < -0.4 is 14.8 Å². The van der Waals surface area contributed by atoms with Gasteiger partial charge in [0.25, 0.3) is 0 Å². The summed E-state index contributed by atoms with van der Waals surface area (Å²) in [7, 11) is 0. The van der Waals surface area contributed by atoms with Gasteiger partial charge in [0, 0.05) is 23.4 Å². The number of nitrogens with one attached hydrogen (secondary N) is 1. The molecule has 1 saturated carbocycles. The molecule has 1 fully saturated rings. The quantitative estimate of drug-likeness (QED) is 0.412. The van der Waals surface area contributed by atoms with E-state index in [0.717, 1.165) is 29.4 Å². The number of hydrogen-bond acceptors (Lipinski definition) is 6. The van der Waals surface area contributed by atoms with Crippen LogP contribution >= 0.6 is 11.8 Å². The zero-order valence-electron chi connectivity index (χ0n) is 20.5. The van der Waals surface area contributed by atoms with E-state index < -0.39 is 0 Å². The Morgan fingerprint density at radius 3 is 2.51 bits per heavy atom. The van der Waals surface area contributed by atoms with Crippen molar-refractivity contribution in [2.24, 2.45) is 0 Å². The monoisotopic (exact) mass is 492 g/mol. The summed E-state index contributed by atoms with van der Waals surface area (Å²) >= 11 is 1.44. The van der Waals surface area contributed by atoms with E-state index in [4.69, 9.17) is 9.47 Å². The van der Waals surface area contributed by atoms with Crippen molar-refractivity contribution in [3.8, 4) is 22.9 Å². The van der Waals surface area contributed by atoms with E-state index in [1.165, 1.54) is 36.6 Å². The van der Waals surface area contributed by atoms with Gasteiger partial charge in [0.1, 0.15) is 0 Å². The average molecular weight is 493 g/mol. The van der Waals surface area contributed by atoms with Crippen LogP contribution in [0, 0.1) is 0 Å². The number of anilines is 1. The molecule has 1 aliphatic heterocycles. The van der Waals surface area contributed by atoms with E-state index in [2.05, 4.69) is 65.1 Å². The number of fused-ring (bicyclic) bond motifs is 1. The van der Waals surface area contributed by atoms with Crippen LogP contribution in [0.5, 0.6) is 11.5 Å². The standard InChI is InChI=1S/C27H32N4O3S/c1-27(2,3)19-11-9-18(10-12-19)25-29-30-26(31(25)21-7-5-4-6-8-21)35-16-24(32)28-20-13-14-22-23(15-20)34-17-33-22/h9-15,21H,4-8,16-17H2,1-3H3,(H,28,32). The molecule has 35 heavy (non-hydrogen) atoms. The van der Waals surface area contributed by atoms with Crippen molar-refractivity contribution in [2.75, 3.05) is 17.9 Å². The van der Waals surface area contributed by atoms with Crippen LogP contribution in [0.3, 0.4) is 0 Å². The van der Waals surface area contributed by atoms with Gasteiger partial charge in [-0.15, -0.1) is 10.2 Å². The predicted octanol–water partition coefficient (Wildman–Crippen LogP) is 6.21. The Morgan fingerprint density at radius 1 is 1.03 bits per heavy atom. The highest BCUT2D eigenvalue weighted by Gasteiger charge is 2.25. The van der Waals surface area contributed by atoms with E-state index in [9.17, 15) is 4.79 Å². The Morgan fingerprint density at radius 2 is 1.77 bits per heavy atom. The maximum atomic E-state index is 12.7. The molecular weight excluding hydrogens is 460 g/mol. The fourth-order valence-corrected chi connectivity index (χ4v) is 5.47. The van der Waals surface area contributed by atoms with E-state index in [1.807, 2.05) is 12.1 Å². The molecule has 1 aliphatic carbocycles. The highest BCUT2D eigenvalue weighted by molar-refractivity contribution is 7.99. The van der Waals surface area contributed by atoms with Crippen LogP contribution in [0.25, 0.3) is 11.4 Å². The molecule has 5 rings (SSSR count). The molecule has 1 N–H and O–H groups in total. The van der Waals surface area contributed by atoms with Crippen molar-refractivity contribution in [3.05, 3.63) is 48.0 Å². The number of aromatic nitrogens is 3. The van der Waals surface area contributed by atoms with E-state index >= 15 is 0 Å². The third-order valence-corrected chi connectivity index (χ3v) is 7.55. The largest absolute Gasteiger partial charge is 0.454 e. The minimum atomic E-state index is -0.0943. The fourth-order valence-electron chi connectivity index (χ4n) is 4.66. The number of thioether (sulfide) groups is 1. The van der Waals surface area contributed by atoms with Crippen LogP contribution in [-0.2, 0) is 10.2 Å². The molecule has 0 radical (unpaired) electrons. The molecule has 8 heteroatoms. The third kappa shape index (κ3) is 5.32. The van der Waals surface area contributed by atoms with Gasteiger partial charge in [-0.05, 0) is 36.0 Å². The van der Waals surface area contributed by atoms with Crippen molar-refractivity contribution in [1.82, 2.24) is 14.8 Å². The Hall–Kier alpha value is -3.00. The van der Waals surface area contributed by atoms with Gasteiger partial charge < -0.3 is 14.8 Å². The molecule has 0 atom stereocenters. The zero-order chi connectivity index (χ0) is 24.4. The van der Waals surface area contributed by atoms with Crippen molar-refractivity contribution >= 4 is 23.4 Å². The summed E-state index contributed by atoms with van der Waals surface area (Å²) in [4.78, 5) is 12.7. The number of benzene rings is 2. The summed E-state index contributed by atoms with van der Waals surface area (Å²) in [5, 5.41) is 12.9. The van der Waals surface area contributed by atoms with Gasteiger partial charge in [-0.1, -0.05) is 76.1 Å². The molecule has 2 aliphatic rings. The Kier molecular flexibility index (Phi) is 6.73. The third-order valence-electron chi connectivity index (χ3n) is 6.60. The minimum absolute atomic E-state index is 0.0943. The second-order valence-electron chi connectivity index (χ2n) is 10.2. The first-order chi connectivity index (χ1) is 16.9. The molecule has 0 saturated heterocycles. The summed E-state index contributed by atoms with van der Waals surface area (Å²) in [5.41, 5.74) is 3.14. The van der Waals surface area contributed by atoms with E-state index in [1.54, 1.807) is 6.07 Å². The number of carbonyl (C=O) groups excluding carboxylic acids is 1. The van der Waals surface area contributed by atoms with Gasteiger partial charge >= 0.3 is 0 Å².